The van der Waals surface area contributed by atoms with Gasteiger partial charge in [0.05, 0.1) is 0 Å². The lowest BCUT2D eigenvalue weighted by Gasteiger charge is -2.28. The zero-order chi connectivity index (χ0) is 32.2. The zero-order valence-electron chi connectivity index (χ0n) is 27.2. The van der Waals surface area contributed by atoms with Crippen LogP contribution in [0.5, 0.6) is 0 Å². The van der Waals surface area contributed by atoms with Crippen molar-refractivity contribution in [2.24, 2.45) is 0 Å². The predicted octanol–water partition coefficient (Wildman–Crippen LogP) is 13.1. The smallest absolute Gasteiger partial charge is 0.0468 e. The molecule has 0 saturated carbocycles. The minimum absolute atomic E-state index is 0.152. The third-order valence-corrected chi connectivity index (χ3v) is 10.2. The first-order valence-electron chi connectivity index (χ1n) is 16.8. The molecule has 0 amide bonds. The van der Waals surface area contributed by atoms with Crippen LogP contribution in [0.15, 0.2) is 176 Å². The summed E-state index contributed by atoms with van der Waals surface area (Å²) in [5.41, 5.74) is 13.7. The first-order valence-corrected chi connectivity index (χ1v) is 16.8. The molecular formula is C47H35N. The van der Waals surface area contributed by atoms with E-state index in [-0.39, 0.29) is 5.41 Å². The lowest BCUT2D eigenvalue weighted by Crippen LogP contribution is -2.16. The quantitative estimate of drug-likeness (QED) is 0.187. The molecule has 228 valence electrons. The van der Waals surface area contributed by atoms with Crippen LogP contribution in [0, 0.1) is 0 Å². The minimum Gasteiger partial charge on any atom is -0.310 e. The van der Waals surface area contributed by atoms with E-state index in [1.54, 1.807) is 0 Å². The fourth-order valence-corrected chi connectivity index (χ4v) is 7.72. The van der Waals surface area contributed by atoms with Crippen molar-refractivity contribution in [3.8, 4) is 33.4 Å². The van der Waals surface area contributed by atoms with Crippen molar-refractivity contribution in [2.45, 2.75) is 19.3 Å². The van der Waals surface area contributed by atoms with Crippen LogP contribution in [0.1, 0.15) is 25.0 Å². The Morgan fingerprint density at radius 2 is 0.958 bits per heavy atom. The summed E-state index contributed by atoms with van der Waals surface area (Å²) in [4.78, 5) is 2.39. The first-order chi connectivity index (χ1) is 23.5. The summed E-state index contributed by atoms with van der Waals surface area (Å²) < 4.78 is 0. The molecule has 0 aromatic heterocycles. The molecule has 8 aromatic rings. The molecule has 0 radical (unpaired) electrons. The molecule has 0 aliphatic heterocycles. The maximum Gasteiger partial charge on any atom is 0.0468 e. The van der Waals surface area contributed by atoms with Crippen LogP contribution in [0.4, 0.5) is 17.1 Å². The average Bonchev–Trinajstić information content (AvgIpc) is 3.37. The summed E-state index contributed by atoms with van der Waals surface area (Å²) in [6.45, 7) is 4.75. The van der Waals surface area contributed by atoms with E-state index < -0.39 is 0 Å². The van der Waals surface area contributed by atoms with E-state index in [9.17, 15) is 0 Å². The van der Waals surface area contributed by atoms with E-state index in [0.717, 1.165) is 17.1 Å². The van der Waals surface area contributed by atoms with Crippen molar-refractivity contribution in [1.29, 1.82) is 0 Å². The molecule has 48 heavy (non-hydrogen) atoms. The molecule has 0 saturated heterocycles. The van der Waals surface area contributed by atoms with Gasteiger partial charge in [-0.3, -0.25) is 0 Å². The van der Waals surface area contributed by atoms with Gasteiger partial charge in [-0.05, 0) is 115 Å². The topological polar surface area (TPSA) is 3.24 Å². The standard InChI is InChI=1S/C47H35N/c1-47(2)45-30-37(42-19-11-15-33-14-9-10-18-41(33)42)23-26-43(45)44-27-25-40(31-46(44)47)48(38-16-7-4-8-17-38)39-24-22-35-28-34(20-21-36(35)29-39)32-12-5-3-6-13-32/h3-31H,1-2H3. The summed E-state index contributed by atoms with van der Waals surface area (Å²) in [5.74, 6) is 0. The lowest BCUT2D eigenvalue weighted by atomic mass is 9.81. The van der Waals surface area contributed by atoms with Crippen LogP contribution >= 0.6 is 0 Å². The van der Waals surface area contributed by atoms with E-state index in [1.165, 1.54) is 66.1 Å². The molecular weight excluding hydrogens is 579 g/mol. The van der Waals surface area contributed by atoms with E-state index >= 15 is 0 Å². The SMILES string of the molecule is CC1(C)c2cc(-c3cccc4ccccc34)ccc2-c2ccc(N(c3ccccc3)c3ccc4cc(-c5ccccc5)ccc4c3)cc21. The minimum atomic E-state index is -0.152. The van der Waals surface area contributed by atoms with E-state index in [2.05, 4.69) is 195 Å². The molecule has 0 atom stereocenters. The van der Waals surface area contributed by atoms with Crippen molar-refractivity contribution >= 4 is 38.6 Å². The Morgan fingerprint density at radius 3 is 1.79 bits per heavy atom. The molecule has 1 aliphatic rings. The second-order valence-electron chi connectivity index (χ2n) is 13.4. The number of para-hydroxylation sites is 1. The zero-order valence-corrected chi connectivity index (χ0v) is 27.2. The number of rotatable bonds is 5. The molecule has 0 spiro atoms. The second-order valence-corrected chi connectivity index (χ2v) is 13.4. The van der Waals surface area contributed by atoms with Crippen LogP contribution < -0.4 is 4.90 Å². The van der Waals surface area contributed by atoms with Crippen molar-refractivity contribution in [3.05, 3.63) is 187 Å². The van der Waals surface area contributed by atoms with Gasteiger partial charge in [-0.1, -0.05) is 141 Å². The summed E-state index contributed by atoms with van der Waals surface area (Å²) in [6.07, 6.45) is 0. The number of fused-ring (bicyclic) bond motifs is 5. The third kappa shape index (κ3) is 4.62. The van der Waals surface area contributed by atoms with Gasteiger partial charge in [0.1, 0.15) is 0 Å². The average molecular weight is 614 g/mol. The van der Waals surface area contributed by atoms with Gasteiger partial charge >= 0.3 is 0 Å². The largest absolute Gasteiger partial charge is 0.310 e. The van der Waals surface area contributed by atoms with Crippen molar-refractivity contribution < 1.29 is 0 Å². The van der Waals surface area contributed by atoms with Gasteiger partial charge in [0, 0.05) is 22.5 Å². The molecule has 9 rings (SSSR count). The monoisotopic (exact) mass is 613 g/mol. The van der Waals surface area contributed by atoms with Crippen LogP contribution in [-0.4, -0.2) is 0 Å². The summed E-state index contributed by atoms with van der Waals surface area (Å²) in [7, 11) is 0. The van der Waals surface area contributed by atoms with Gasteiger partial charge < -0.3 is 4.90 Å². The van der Waals surface area contributed by atoms with Crippen LogP contribution in [-0.2, 0) is 5.41 Å². The molecule has 1 nitrogen and oxygen atoms in total. The number of hydrogen-bond donors (Lipinski definition) is 0. The maximum atomic E-state index is 2.43. The molecule has 0 bridgehead atoms. The van der Waals surface area contributed by atoms with E-state index in [4.69, 9.17) is 0 Å². The molecule has 0 fully saturated rings. The molecule has 0 unspecified atom stereocenters. The Labute approximate surface area is 282 Å². The van der Waals surface area contributed by atoms with Gasteiger partial charge in [-0.25, -0.2) is 0 Å². The van der Waals surface area contributed by atoms with Crippen molar-refractivity contribution in [2.75, 3.05) is 4.90 Å². The maximum absolute atomic E-state index is 2.43. The number of nitrogens with zero attached hydrogens (tertiary/aromatic N) is 1. The van der Waals surface area contributed by atoms with Gasteiger partial charge in [0.15, 0.2) is 0 Å². The van der Waals surface area contributed by atoms with Crippen LogP contribution in [0.3, 0.4) is 0 Å². The fourth-order valence-electron chi connectivity index (χ4n) is 7.72. The van der Waals surface area contributed by atoms with E-state index in [1.807, 2.05) is 0 Å². The van der Waals surface area contributed by atoms with Crippen molar-refractivity contribution in [3.63, 3.8) is 0 Å². The highest BCUT2D eigenvalue weighted by atomic mass is 15.1. The highest BCUT2D eigenvalue weighted by Gasteiger charge is 2.36. The van der Waals surface area contributed by atoms with Crippen molar-refractivity contribution in [1.82, 2.24) is 0 Å². The molecule has 0 heterocycles. The lowest BCUT2D eigenvalue weighted by molar-refractivity contribution is 0.660. The number of benzene rings is 8. The predicted molar refractivity (Wildman–Crippen MR) is 205 cm³/mol. The Morgan fingerprint density at radius 1 is 0.354 bits per heavy atom. The van der Waals surface area contributed by atoms with Gasteiger partial charge in [0.25, 0.3) is 0 Å². The molecule has 1 aliphatic carbocycles. The second kappa shape index (κ2) is 11.1. The highest BCUT2D eigenvalue weighted by Crippen LogP contribution is 2.52. The molecule has 1 heteroatoms. The third-order valence-electron chi connectivity index (χ3n) is 10.2. The van der Waals surface area contributed by atoms with Crippen LogP contribution in [0.2, 0.25) is 0 Å². The molecule has 0 N–H and O–H groups in total. The summed E-state index contributed by atoms with van der Waals surface area (Å²) >= 11 is 0. The van der Waals surface area contributed by atoms with E-state index in [0.29, 0.717) is 0 Å². The summed E-state index contributed by atoms with van der Waals surface area (Å²) in [6, 6.07) is 64.4. The highest BCUT2D eigenvalue weighted by molar-refractivity contribution is 5.98. The Hall–Kier alpha value is -5.92. The number of hydrogen-bond acceptors (Lipinski definition) is 1. The van der Waals surface area contributed by atoms with Gasteiger partial charge in [0.2, 0.25) is 0 Å². The summed E-state index contributed by atoms with van der Waals surface area (Å²) in [5, 5.41) is 5.03. The van der Waals surface area contributed by atoms with Gasteiger partial charge in [-0.2, -0.15) is 0 Å². The van der Waals surface area contributed by atoms with Gasteiger partial charge in [-0.15, -0.1) is 0 Å². The Bertz CT molecular complexity index is 2470. The Kier molecular flexibility index (Phi) is 6.55. The van der Waals surface area contributed by atoms with Crippen LogP contribution in [0.25, 0.3) is 54.9 Å². The number of anilines is 3. The Balaban J connectivity index is 1.13. The first kappa shape index (κ1) is 28.3. The fraction of sp³-hybridized carbons (Fsp3) is 0.0638. The molecule has 8 aromatic carbocycles. The normalized spacial score (nSPS) is 13.0.